The third-order valence-electron chi connectivity index (χ3n) is 3.97. The van der Waals surface area contributed by atoms with E-state index in [1.165, 1.54) is 51.7 Å². The molecule has 1 aliphatic heterocycles. The number of likely N-dealkylation sites (tertiary alicyclic amines) is 1. The Morgan fingerprint density at radius 3 is 2.67 bits per heavy atom. The lowest BCUT2D eigenvalue weighted by Gasteiger charge is -2.27. The molecule has 0 bridgehead atoms. The molecule has 88 valence electrons. The topological polar surface area (TPSA) is 15.3 Å². The van der Waals surface area contributed by atoms with E-state index < -0.39 is 0 Å². The zero-order chi connectivity index (χ0) is 10.7. The van der Waals surface area contributed by atoms with E-state index in [4.69, 9.17) is 0 Å². The predicted octanol–water partition coefficient (Wildman–Crippen LogP) is 2.25. The summed E-state index contributed by atoms with van der Waals surface area (Å²) < 4.78 is 0. The van der Waals surface area contributed by atoms with Gasteiger partial charge in [-0.1, -0.05) is 6.92 Å². The van der Waals surface area contributed by atoms with Crippen molar-refractivity contribution in [1.82, 2.24) is 10.2 Å². The normalized spacial score (nSPS) is 29.6. The Morgan fingerprint density at radius 1 is 1.33 bits per heavy atom. The molecule has 0 radical (unpaired) electrons. The van der Waals surface area contributed by atoms with E-state index in [0.717, 1.165) is 18.0 Å². The molecule has 1 aliphatic carbocycles. The van der Waals surface area contributed by atoms with Crippen LogP contribution in [0.1, 0.15) is 46.0 Å². The van der Waals surface area contributed by atoms with E-state index in [1.54, 1.807) is 0 Å². The first-order valence-corrected chi connectivity index (χ1v) is 6.78. The van der Waals surface area contributed by atoms with Gasteiger partial charge in [0.25, 0.3) is 0 Å². The molecule has 0 aromatic carbocycles. The molecule has 1 saturated carbocycles. The number of hydrogen-bond acceptors (Lipinski definition) is 2. The van der Waals surface area contributed by atoms with Crippen LogP contribution < -0.4 is 5.32 Å². The summed E-state index contributed by atoms with van der Waals surface area (Å²) >= 11 is 0. The molecule has 1 N–H and O–H groups in total. The Kier molecular flexibility index (Phi) is 4.04. The fraction of sp³-hybridized carbons (Fsp3) is 1.00. The third kappa shape index (κ3) is 3.18. The second-order valence-electron chi connectivity index (χ2n) is 5.38. The third-order valence-corrected chi connectivity index (χ3v) is 3.97. The van der Waals surface area contributed by atoms with Gasteiger partial charge in [-0.3, -0.25) is 4.90 Å². The second kappa shape index (κ2) is 5.31. The van der Waals surface area contributed by atoms with Crippen LogP contribution in [0.2, 0.25) is 0 Å². The summed E-state index contributed by atoms with van der Waals surface area (Å²) in [6.45, 7) is 8.47. The van der Waals surface area contributed by atoms with Gasteiger partial charge in [0.15, 0.2) is 0 Å². The van der Waals surface area contributed by atoms with E-state index in [9.17, 15) is 0 Å². The number of nitrogens with zero attached hydrogens (tertiary/aromatic N) is 1. The Morgan fingerprint density at radius 2 is 2.13 bits per heavy atom. The maximum atomic E-state index is 3.74. The Labute approximate surface area is 94.4 Å². The van der Waals surface area contributed by atoms with Crippen molar-refractivity contribution in [2.75, 3.05) is 19.6 Å². The van der Waals surface area contributed by atoms with E-state index in [2.05, 4.69) is 24.1 Å². The van der Waals surface area contributed by atoms with Crippen molar-refractivity contribution in [3.8, 4) is 0 Å². The number of rotatable bonds is 6. The van der Waals surface area contributed by atoms with Crippen LogP contribution in [0.25, 0.3) is 0 Å². The molecule has 0 aromatic rings. The van der Waals surface area contributed by atoms with Gasteiger partial charge in [0, 0.05) is 18.6 Å². The van der Waals surface area contributed by atoms with Crippen molar-refractivity contribution in [2.45, 2.75) is 58.0 Å². The molecule has 2 heteroatoms. The van der Waals surface area contributed by atoms with E-state index in [-0.39, 0.29) is 0 Å². The van der Waals surface area contributed by atoms with Crippen LogP contribution in [0.4, 0.5) is 0 Å². The van der Waals surface area contributed by atoms with Crippen molar-refractivity contribution in [2.24, 2.45) is 5.92 Å². The van der Waals surface area contributed by atoms with Crippen molar-refractivity contribution < 1.29 is 0 Å². The highest BCUT2D eigenvalue weighted by Crippen LogP contribution is 2.33. The molecule has 2 fully saturated rings. The van der Waals surface area contributed by atoms with Crippen LogP contribution in [0.15, 0.2) is 0 Å². The smallest absolute Gasteiger partial charge is 0.0223 e. The van der Waals surface area contributed by atoms with Crippen LogP contribution in [0.3, 0.4) is 0 Å². The molecule has 2 unspecified atom stereocenters. The van der Waals surface area contributed by atoms with Gasteiger partial charge in [-0.25, -0.2) is 0 Å². The lowest BCUT2D eigenvalue weighted by molar-refractivity contribution is 0.226. The second-order valence-corrected chi connectivity index (χ2v) is 5.38. The summed E-state index contributed by atoms with van der Waals surface area (Å²) in [6, 6.07) is 1.61. The Balaban J connectivity index is 1.77. The maximum absolute atomic E-state index is 3.74. The van der Waals surface area contributed by atoms with Gasteiger partial charge in [0.05, 0.1) is 0 Å². The van der Waals surface area contributed by atoms with Crippen LogP contribution in [-0.4, -0.2) is 36.6 Å². The van der Waals surface area contributed by atoms with Crippen LogP contribution >= 0.6 is 0 Å². The zero-order valence-corrected chi connectivity index (χ0v) is 10.3. The van der Waals surface area contributed by atoms with Crippen LogP contribution in [-0.2, 0) is 0 Å². The highest BCUT2D eigenvalue weighted by molar-refractivity contribution is 4.90. The predicted molar refractivity (Wildman–Crippen MR) is 65.1 cm³/mol. The fourth-order valence-corrected chi connectivity index (χ4v) is 2.73. The Bertz CT molecular complexity index is 189. The minimum absolute atomic E-state index is 0.783. The standard InChI is InChI=1S/C13H26N2/c1-3-8-14-13(12-6-7-12)10-15-9-4-5-11(15)2/h11-14H,3-10H2,1-2H3. The highest BCUT2D eigenvalue weighted by atomic mass is 15.2. The van der Waals surface area contributed by atoms with Crippen molar-refractivity contribution in [1.29, 1.82) is 0 Å². The summed E-state index contributed by atoms with van der Waals surface area (Å²) in [5.41, 5.74) is 0. The molecule has 2 rings (SSSR count). The summed E-state index contributed by atoms with van der Waals surface area (Å²) in [7, 11) is 0. The number of hydrogen-bond donors (Lipinski definition) is 1. The lowest BCUT2D eigenvalue weighted by atomic mass is 10.1. The molecule has 2 atom stereocenters. The molecular formula is C13H26N2. The molecule has 1 saturated heterocycles. The molecule has 2 nitrogen and oxygen atoms in total. The van der Waals surface area contributed by atoms with Gasteiger partial charge in [-0.2, -0.15) is 0 Å². The van der Waals surface area contributed by atoms with E-state index in [1.807, 2.05) is 0 Å². The first kappa shape index (κ1) is 11.4. The summed E-state index contributed by atoms with van der Waals surface area (Å²) in [6.07, 6.45) is 7.00. The zero-order valence-electron chi connectivity index (χ0n) is 10.3. The first-order valence-electron chi connectivity index (χ1n) is 6.78. The van der Waals surface area contributed by atoms with E-state index in [0.29, 0.717) is 0 Å². The van der Waals surface area contributed by atoms with Crippen molar-refractivity contribution >= 4 is 0 Å². The average Bonchev–Trinajstić information content (AvgIpc) is 2.99. The minimum Gasteiger partial charge on any atom is -0.312 e. The van der Waals surface area contributed by atoms with Crippen molar-refractivity contribution in [3.63, 3.8) is 0 Å². The van der Waals surface area contributed by atoms with Gasteiger partial charge in [0.1, 0.15) is 0 Å². The molecule has 0 amide bonds. The average molecular weight is 210 g/mol. The largest absolute Gasteiger partial charge is 0.312 e. The van der Waals surface area contributed by atoms with Gasteiger partial charge >= 0.3 is 0 Å². The summed E-state index contributed by atoms with van der Waals surface area (Å²) in [4.78, 5) is 2.69. The van der Waals surface area contributed by atoms with E-state index >= 15 is 0 Å². The van der Waals surface area contributed by atoms with Gasteiger partial charge in [-0.05, 0) is 58.0 Å². The van der Waals surface area contributed by atoms with Gasteiger partial charge in [-0.15, -0.1) is 0 Å². The molecule has 15 heavy (non-hydrogen) atoms. The summed E-state index contributed by atoms with van der Waals surface area (Å²) in [5, 5.41) is 3.74. The fourth-order valence-electron chi connectivity index (χ4n) is 2.73. The van der Waals surface area contributed by atoms with Gasteiger partial charge < -0.3 is 5.32 Å². The molecule has 0 spiro atoms. The maximum Gasteiger partial charge on any atom is 0.0223 e. The highest BCUT2D eigenvalue weighted by Gasteiger charge is 2.33. The monoisotopic (exact) mass is 210 g/mol. The van der Waals surface area contributed by atoms with Gasteiger partial charge in [0.2, 0.25) is 0 Å². The lowest BCUT2D eigenvalue weighted by Crippen LogP contribution is -2.43. The molecule has 2 aliphatic rings. The minimum atomic E-state index is 0.783. The first-order chi connectivity index (χ1) is 7.31. The molecular weight excluding hydrogens is 184 g/mol. The summed E-state index contributed by atoms with van der Waals surface area (Å²) in [5.74, 6) is 0.990. The SMILES string of the molecule is CCCNC(CN1CCCC1C)C1CC1. The quantitative estimate of drug-likeness (QED) is 0.723. The molecule has 1 heterocycles. The van der Waals surface area contributed by atoms with Crippen molar-refractivity contribution in [3.05, 3.63) is 0 Å². The Hall–Kier alpha value is -0.0800. The van der Waals surface area contributed by atoms with Crippen LogP contribution in [0.5, 0.6) is 0 Å². The number of nitrogens with one attached hydrogen (secondary N) is 1. The molecule has 0 aromatic heterocycles. The van der Waals surface area contributed by atoms with Crippen LogP contribution in [0, 0.1) is 5.92 Å².